The standard InChI is InChI=1S/C52H67ClN12O8/c1-32(46(54)68)60-50(72)44-16-11-27-65(44)51(73)40(15-10-26-59-52(55)56)62-45(67)17-4-3-8-25-58-47(69)43(31-39-14-7-9-24-57-39)64-49(71)42(29-34-19-22-38(53)23-20-34)63-48(70)41(61-33(2)66)30-35-18-21-36-12-5-6-13-37(36)28-35/h5-7,9,12-14,18-24,28,32,40-44H,3-4,8,10-11,15-17,25-27,29-31H2,1-2H3,(H2,54,68)(H,58,69)(H,60,72)(H,61,66)(H,62,67)(H,63,70)(H,64,71)(H4,55,56,59)/t32-,40+,41-,42-,43-,44+/m1/s1. The molecular formula is C52H67ClN12O8. The van der Waals surface area contributed by atoms with E-state index < -0.39 is 77.6 Å². The molecule has 1 aliphatic heterocycles. The number of aliphatic imine (C=N–C) groups is 1. The number of hydrogen-bond acceptors (Lipinski definition) is 10. The molecule has 4 aromatic rings. The average molecular weight is 1020 g/mol. The van der Waals surface area contributed by atoms with E-state index in [2.05, 4.69) is 41.9 Å². The van der Waals surface area contributed by atoms with Gasteiger partial charge in [-0.25, -0.2) is 0 Å². The second-order valence-corrected chi connectivity index (χ2v) is 18.5. The normalized spacial score (nSPS) is 15.1. The molecule has 0 unspecified atom stereocenters. The van der Waals surface area contributed by atoms with Gasteiger partial charge in [-0.05, 0) is 91.6 Å². The van der Waals surface area contributed by atoms with Crippen LogP contribution < -0.4 is 49.1 Å². The van der Waals surface area contributed by atoms with Gasteiger partial charge in [-0.1, -0.05) is 78.7 Å². The minimum Gasteiger partial charge on any atom is -0.370 e. The fraction of sp³-hybridized carbons (Fsp3) is 0.423. The van der Waals surface area contributed by atoms with Crippen LogP contribution in [0.3, 0.4) is 0 Å². The Balaban J connectivity index is 1.20. The Kier molecular flexibility index (Phi) is 21.9. The Morgan fingerprint density at radius 1 is 0.712 bits per heavy atom. The molecule has 2 heterocycles. The van der Waals surface area contributed by atoms with E-state index in [0.717, 1.165) is 16.3 Å². The van der Waals surface area contributed by atoms with Gasteiger partial charge in [0.15, 0.2) is 5.96 Å². The Morgan fingerprint density at radius 3 is 2.04 bits per heavy atom. The molecule has 1 fully saturated rings. The van der Waals surface area contributed by atoms with Crippen molar-refractivity contribution < 1.29 is 38.4 Å². The summed E-state index contributed by atoms with van der Waals surface area (Å²) < 4.78 is 0. The number of guanidine groups is 1. The third-order valence-electron chi connectivity index (χ3n) is 12.3. The number of carbonyl (C=O) groups excluding carboxylic acids is 8. The fourth-order valence-corrected chi connectivity index (χ4v) is 8.56. The van der Waals surface area contributed by atoms with Gasteiger partial charge in [0.2, 0.25) is 47.3 Å². The summed E-state index contributed by atoms with van der Waals surface area (Å²) >= 11 is 6.17. The third-order valence-corrected chi connectivity index (χ3v) is 12.5. The van der Waals surface area contributed by atoms with E-state index in [0.29, 0.717) is 54.8 Å². The minimum atomic E-state index is -1.19. The molecule has 390 valence electrons. The lowest BCUT2D eigenvalue weighted by Gasteiger charge is -2.29. The van der Waals surface area contributed by atoms with Crippen molar-refractivity contribution in [3.05, 3.63) is 113 Å². The lowest BCUT2D eigenvalue weighted by atomic mass is 10.00. The predicted molar refractivity (Wildman–Crippen MR) is 277 cm³/mol. The molecular weight excluding hydrogens is 956 g/mol. The van der Waals surface area contributed by atoms with Crippen LogP contribution in [0, 0.1) is 0 Å². The number of nitrogens with one attached hydrogen (secondary N) is 6. The first-order chi connectivity index (χ1) is 35.0. The number of primary amides is 1. The van der Waals surface area contributed by atoms with Crippen molar-refractivity contribution in [1.82, 2.24) is 41.8 Å². The van der Waals surface area contributed by atoms with Crippen LogP contribution in [-0.4, -0.2) is 119 Å². The molecule has 73 heavy (non-hydrogen) atoms. The molecule has 0 radical (unpaired) electrons. The predicted octanol–water partition coefficient (Wildman–Crippen LogP) is 1.59. The quantitative estimate of drug-likeness (QED) is 0.0235. The molecule has 0 spiro atoms. The van der Waals surface area contributed by atoms with E-state index in [9.17, 15) is 38.4 Å². The Labute approximate surface area is 429 Å². The topological polar surface area (TPSA) is 315 Å². The highest BCUT2D eigenvalue weighted by molar-refractivity contribution is 6.30. The van der Waals surface area contributed by atoms with Gasteiger partial charge in [-0.3, -0.25) is 48.3 Å². The van der Waals surface area contributed by atoms with Crippen molar-refractivity contribution in [2.75, 3.05) is 19.6 Å². The molecule has 1 aliphatic rings. The van der Waals surface area contributed by atoms with E-state index >= 15 is 0 Å². The van der Waals surface area contributed by atoms with E-state index in [-0.39, 0.29) is 63.6 Å². The molecule has 21 heteroatoms. The van der Waals surface area contributed by atoms with Gasteiger partial charge in [0, 0.05) is 69.2 Å². The molecule has 5 rings (SSSR count). The van der Waals surface area contributed by atoms with Crippen LogP contribution in [0.1, 0.15) is 82.0 Å². The zero-order valence-corrected chi connectivity index (χ0v) is 42.0. The second-order valence-electron chi connectivity index (χ2n) is 18.1. The van der Waals surface area contributed by atoms with E-state index in [4.69, 9.17) is 28.8 Å². The van der Waals surface area contributed by atoms with Crippen LogP contribution in [0.15, 0.2) is 96.1 Å². The molecule has 0 saturated carbocycles. The van der Waals surface area contributed by atoms with Crippen molar-refractivity contribution in [1.29, 1.82) is 0 Å². The van der Waals surface area contributed by atoms with Crippen molar-refractivity contribution in [3.8, 4) is 0 Å². The number of amides is 8. The van der Waals surface area contributed by atoms with Gasteiger partial charge < -0.3 is 54.0 Å². The van der Waals surface area contributed by atoms with Gasteiger partial charge in [0.1, 0.15) is 36.3 Å². The molecule has 0 aliphatic carbocycles. The number of pyridine rings is 1. The van der Waals surface area contributed by atoms with Crippen LogP contribution in [0.25, 0.3) is 10.8 Å². The van der Waals surface area contributed by atoms with Crippen molar-refractivity contribution in [3.63, 3.8) is 0 Å². The van der Waals surface area contributed by atoms with Gasteiger partial charge in [0.25, 0.3) is 0 Å². The maximum Gasteiger partial charge on any atom is 0.245 e. The number of rotatable bonds is 27. The van der Waals surface area contributed by atoms with E-state index in [1.807, 2.05) is 42.5 Å². The van der Waals surface area contributed by atoms with Crippen LogP contribution in [0.5, 0.6) is 0 Å². The number of nitrogens with two attached hydrogens (primary N) is 3. The molecule has 12 N–H and O–H groups in total. The van der Waals surface area contributed by atoms with Crippen LogP contribution in [0.4, 0.5) is 0 Å². The molecule has 1 aromatic heterocycles. The summed E-state index contributed by atoms with van der Waals surface area (Å²) in [5.74, 6) is -4.34. The third kappa shape index (κ3) is 18.5. The van der Waals surface area contributed by atoms with Crippen molar-refractivity contribution in [2.24, 2.45) is 22.2 Å². The largest absolute Gasteiger partial charge is 0.370 e. The highest BCUT2D eigenvalue weighted by atomic mass is 35.5. The van der Waals surface area contributed by atoms with Gasteiger partial charge in [-0.2, -0.15) is 0 Å². The highest BCUT2D eigenvalue weighted by Gasteiger charge is 2.38. The van der Waals surface area contributed by atoms with Crippen molar-refractivity contribution >= 4 is 75.6 Å². The summed E-state index contributed by atoms with van der Waals surface area (Å²) in [4.78, 5) is 116. The van der Waals surface area contributed by atoms with Gasteiger partial charge in [0.05, 0.1) is 0 Å². The SMILES string of the molecule is CC(=O)N[C@H](Cc1ccc2ccccc2c1)C(=O)N[C@H](Cc1ccc(Cl)cc1)C(=O)N[C@H](Cc1ccccn1)C(=O)NCCCCCC(=O)N[C@@H](CCCN=C(N)N)C(=O)N1CCC[C@H]1C(=O)N[C@H](C)C(N)=O. The summed E-state index contributed by atoms with van der Waals surface area (Å²) in [7, 11) is 0. The number of hydrogen-bond donors (Lipinski definition) is 9. The Hall–Kier alpha value is -7.61. The number of likely N-dealkylation sites (tertiary alicyclic amines) is 1. The first kappa shape index (κ1) is 56.3. The monoisotopic (exact) mass is 1020 g/mol. The molecule has 0 bridgehead atoms. The number of benzene rings is 3. The summed E-state index contributed by atoms with van der Waals surface area (Å²) in [6.07, 6.45) is 4.73. The number of carbonyl (C=O) groups is 8. The molecule has 6 atom stereocenters. The summed E-state index contributed by atoms with van der Waals surface area (Å²) in [5.41, 5.74) is 18.3. The number of halogens is 1. The van der Waals surface area contributed by atoms with Crippen LogP contribution >= 0.6 is 11.6 Å². The molecule has 8 amide bonds. The first-order valence-electron chi connectivity index (χ1n) is 24.5. The smallest absolute Gasteiger partial charge is 0.245 e. The zero-order valence-electron chi connectivity index (χ0n) is 41.2. The Bertz CT molecular complexity index is 2580. The maximum absolute atomic E-state index is 14.3. The fourth-order valence-electron chi connectivity index (χ4n) is 8.44. The lowest BCUT2D eigenvalue weighted by Crippen LogP contribution is -2.58. The minimum absolute atomic E-state index is 0.0257. The van der Waals surface area contributed by atoms with Gasteiger partial charge >= 0.3 is 0 Å². The first-order valence-corrected chi connectivity index (χ1v) is 24.9. The molecule has 1 saturated heterocycles. The Morgan fingerprint density at radius 2 is 1.37 bits per heavy atom. The second kappa shape index (κ2) is 28.4. The number of nitrogens with zero attached hydrogens (tertiary/aromatic N) is 3. The summed E-state index contributed by atoms with van der Waals surface area (Å²) in [6, 6.07) is 19.5. The van der Waals surface area contributed by atoms with Crippen molar-refractivity contribution in [2.45, 2.75) is 121 Å². The van der Waals surface area contributed by atoms with E-state index in [1.165, 1.54) is 18.7 Å². The maximum atomic E-state index is 14.3. The lowest BCUT2D eigenvalue weighted by molar-refractivity contribution is -0.142. The number of fused-ring (bicyclic) bond motifs is 1. The average Bonchev–Trinajstić information content (AvgIpc) is 3.86. The molecule has 3 aromatic carbocycles. The van der Waals surface area contributed by atoms with Crippen LogP contribution in [-0.2, 0) is 57.6 Å². The number of unbranched alkanes of at least 4 members (excludes halogenated alkanes) is 2. The molecule has 20 nitrogen and oxygen atoms in total. The zero-order chi connectivity index (χ0) is 52.9. The highest BCUT2D eigenvalue weighted by Crippen LogP contribution is 2.21. The van der Waals surface area contributed by atoms with Gasteiger partial charge in [-0.15, -0.1) is 0 Å². The summed E-state index contributed by atoms with van der Waals surface area (Å²) in [5, 5.41) is 19.1. The van der Waals surface area contributed by atoms with Crippen LogP contribution in [0.2, 0.25) is 5.02 Å². The van der Waals surface area contributed by atoms with E-state index in [1.54, 1.807) is 48.7 Å². The summed E-state index contributed by atoms with van der Waals surface area (Å²) in [6.45, 7) is 3.47. The number of aromatic nitrogens is 1.